The molecule has 0 aliphatic heterocycles. The van der Waals surface area contributed by atoms with Crippen LogP contribution >= 0.6 is 0 Å². The van der Waals surface area contributed by atoms with Crippen molar-refractivity contribution in [2.24, 2.45) is 5.14 Å². The van der Waals surface area contributed by atoms with Crippen molar-refractivity contribution in [3.05, 3.63) is 35.4 Å². The molecule has 1 rings (SSSR count). The fourth-order valence-corrected chi connectivity index (χ4v) is 2.18. The lowest BCUT2D eigenvalue weighted by molar-refractivity contribution is 0.347. The lowest BCUT2D eigenvalue weighted by Gasteiger charge is -2.13. The van der Waals surface area contributed by atoms with Crippen molar-refractivity contribution in [3.8, 4) is 5.75 Å². The Kier molecular flexibility index (Phi) is 3.95. The molecular formula is C12H17NO3S. The topological polar surface area (TPSA) is 69.4 Å². The Morgan fingerprint density at radius 1 is 1.35 bits per heavy atom. The maximum absolute atomic E-state index is 11.2. The molecule has 0 saturated carbocycles. The second-order valence-electron chi connectivity index (χ2n) is 4.18. The van der Waals surface area contributed by atoms with Crippen LogP contribution in [0.15, 0.2) is 29.2 Å². The maximum atomic E-state index is 11.2. The maximum Gasteiger partial charge on any atom is 0.238 e. The normalized spacial score (nSPS) is 11.3. The first-order valence-corrected chi connectivity index (χ1v) is 6.67. The molecule has 17 heavy (non-hydrogen) atoms. The van der Waals surface area contributed by atoms with Crippen LogP contribution in [0.2, 0.25) is 0 Å². The van der Waals surface area contributed by atoms with Crippen molar-refractivity contribution in [3.63, 3.8) is 0 Å². The number of nitrogens with two attached hydrogens (primary N) is 1. The first-order chi connectivity index (χ1) is 7.71. The molecule has 0 heterocycles. The summed E-state index contributed by atoms with van der Waals surface area (Å²) in [5.74, 6) is 0.681. The van der Waals surface area contributed by atoms with Gasteiger partial charge in [-0.1, -0.05) is 6.58 Å². The summed E-state index contributed by atoms with van der Waals surface area (Å²) >= 11 is 0. The van der Waals surface area contributed by atoms with Gasteiger partial charge in [-0.15, -0.1) is 0 Å². The Hall–Kier alpha value is -1.33. The molecule has 0 bridgehead atoms. The zero-order valence-electron chi connectivity index (χ0n) is 10.3. The van der Waals surface area contributed by atoms with Crippen molar-refractivity contribution in [1.82, 2.24) is 0 Å². The van der Waals surface area contributed by atoms with Crippen molar-refractivity contribution < 1.29 is 13.2 Å². The summed E-state index contributed by atoms with van der Waals surface area (Å²) in [6, 6.07) is 3.02. The van der Waals surface area contributed by atoms with Crippen LogP contribution in [0.25, 0.3) is 0 Å². The third kappa shape index (κ3) is 3.57. The quantitative estimate of drug-likeness (QED) is 0.835. The predicted octanol–water partition coefficient (Wildman–Crippen LogP) is 1.91. The largest absolute Gasteiger partial charge is 0.489 e. The Bertz CT molecular complexity index is 524. The molecule has 2 N–H and O–H groups in total. The van der Waals surface area contributed by atoms with Crippen molar-refractivity contribution in [1.29, 1.82) is 0 Å². The molecule has 1 aromatic carbocycles. The predicted molar refractivity (Wildman–Crippen MR) is 67.6 cm³/mol. The highest BCUT2D eigenvalue weighted by Crippen LogP contribution is 2.26. The molecule has 0 aromatic heterocycles. The summed E-state index contributed by atoms with van der Waals surface area (Å²) in [5, 5.41) is 5.08. The second-order valence-corrected chi connectivity index (χ2v) is 5.74. The minimum absolute atomic E-state index is 0.107. The van der Waals surface area contributed by atoms with Gasteiger partial charge in [0.25, 0.3) is 0 Å². The fraction of sp³-hybridized carbons (Fsp3) is 0.333. The van der Waals surface area contributed by atoms with Crippen LogP contribution in [0.1, 0.15) is 18.1 Å². The molecule has 1 aromatic rings. The number of hydrogen-bond acceptors (Lipinski definition) is 3. The summed E-state index contributed by atoms with van der Waals surface area (Å²) in [4.78, 5) is 0.107. The number of hydrogen-bond donors (Lipinski definition) is 1. The Morgan fingerprint density at radius 2 is 1.82 bits per heavy atom. The molecular weight excluding hydrogens is 238 g/mol. The third-order valence-electron chi connectivity index (χ3n) is 2.23. The van der Waals surface area contributed by atoms with Gasteiger partial charge in [0.15, 0.2) is 0 Å². The van der Waals surface area contributed by atoms with E-state index in [2.05, 4.69) is 6.58 Å². The van der Waals surface area contributed by atoms with E-state index in [-0.39, 0.29) is 4.90 Å². The van der Waals surface area contributed by atoms with E-state index in [1.165, 1.54) is 12.1 Å². The molecule has 0 aliphatic rings. The van der Waals surface area contributed by atoms with E-state index in [0.29, 0.717) is 12.4 Å². The lowest BCUT2D eigenvalue weighted by atomic mass is 10.1. The Labute approximate surface area is 102 Å². The van der Waals surface area contributed by atoms with Gasteiger partial charge in [-0.2, -0.15) is 0 Å². The van der Waals surface area contributed by atoms with Gasteiger partial charge in [0.1, 0.15) is 12.4 Å². The van der Waals surface area contributed by atoms with Crippen LogP contribution < -0.4 is 9.88 Å². The van der Waals surface area contributed by atoms with Gasteiger partial charge >= 0.3 is 0 Å². The van der Waals surface area contributed by atoms with Gasteiger partial charge in [0.05, 0.1) is 4.90 Å². The highest BCUT2D eigenvalue weighted by Gasteiger charge is 2.13. The van der Waals surface area contributed by atoms with Crippen LogP contribution in [-0.4, -0.2) is 15.0 Å². The summed E-state index contributed by atoms with van der Waals surface area (Å²) in [7, 11) is -3.67. The van der Waals surface area contributed by atoms with Gasteiger partial charge in [0.2, 0.25) is 10.0 Å². The highest BCUT2D eigenvalue weighted by atomic mass is 32.2. The number of rotatable bonds is 4. The zero-order chi connectivity index (χ0) is 13.2. The van der Waals surface area contributed by atoms with E-state index in [4.69, 9.17) is 9.88 Å². The van der Waals surface area contributed by atoms with Gasteiger partial charge in [-0.3, -0.25) is 0 Å². The van der Waals surface area contributed by atoms with Crippen molar-refractivity contribution >= 4 is 10.0 Å². The van der Waals surface area contributed by atoms with E-state index in [0.717, 1.165) is 16.7 Å². The molecule has 0 saturated heterocycles. The average Bonchev–Trinajstić information content (AvgIpc) is 2.14. The first-order valence-electron chi connectivity index (χ1n) is 5.13. The van der Waals surface area contributed by atoms with Crippen LogP contribution in [0.3, 0.4) is 0 Å². The van der Waals surface area contributed by atoms with E-state index in [1.807, 2.05) is 6.92 Å². The number of sulfonamides is 1. The van der Waals surface area contributed by atoms with Crippen LogP contribution in [-0.2, 0) is 10.0 Å². The fourth-order valence-electron chi connectivity index (χ4n) is 1.50. The summed E-state index contributed by atoms with van der Waals surface area (Å²) in [6.45, 7) is 9.60. The summed E-state index contributed by atoms with van der Waals surface area (Å²) < 4.78 is 28.0. The summed E-state index contributed by atoms with van der Waals surface area (Å²) in [5.41, 5.74) is 2.39. The van der Waals surface area contributed by atoms with E-state index in [1.54, 1.807) is 13.8 Å². The Balaban J connectivity index is 3.15. The minimum Gasteiger partial charge on any atom is -0.489 e. The number of ether oxygens (including phenoxy) is 1. The van der Waals surface area contributed by atoms with Gasteiger partial charge in [0, 0.05) is 0 Å². The van der Waals surface area contributed by atoms with Gasteiger partial charge < -0.3 is 4.74 Å². The molecule has 0 atom stereocenters. The first kappa shape index (κ1) is 13.7. The molecule has 94 valence electrons. The molecule has 0 amide bonds. The SMILES string of the molecule is C=C(C)COc1c(C)cc(S(N)(=O)=O)cc1C. The number of aryl methyl sites for hydroxylation is 2. The minimum atomic E-state index is -3.67. The van der Waals surface area contributed by atoms with Crippen LogP contribution in [0.4, 0.5) is 0 Å². The van der Waals surface area contributed by atoms with Crippen molar-refractivity contribution in [2.45, 2.75) is 25.7 Å². The van der Waals surface area contributed by atoms with Crippen molar-refractivity contribution in [2.75, 3.05) is 6.61 Å². The molecule has 0 spiro atoms. The number of primary sulfonamides is 1. The van der Waals surface area contributed by atoms with Crippen LogP contribution in [0, 0.1) is 13.8 Å². The van der Waals surface area contributed by atoms with E-state index in [9.17, 15) is 8.42 Å². The number of benzene rings is 1. The molecule has 5 heteroatoms. The lowest BCUT2D eigenvalue weighted by Crippen LogP contribution is -2.13. The average molecular weight is 255 g/mol. The van der Waals surface area contributed by atoms with Crippen LogP contribution in [0.5, 0.6) is 5.75 Å². The van der Waals surface area contributed by atoms with Gasteiger partial charge in [-0.25, -0.2) is 13.6 Å². The molecule has 4 nitrogen and oxygen atoms in total. The zero-order valence-corrected chi connectivity index (χ0v) is 11.1. The smallest absolute Gasteiger partial charge is 0.238 e. The standard InChI is InChI=1S/C12H17NO3S/c1-8(2)7-16-12-9(3)5-11(6-10(12)4)17(13,14)15/h5-6H,1,7H2,2-4H3,(H2,13,14,15). The Morgan fingerprint density at radius 3 is 2.18 bits per heavy atom. The molecule has 0 fully saturated rings. The highest BCUT2D eigenvalue weighted by molar-refractivity contribution is 7.89. The van der Waals surface area contributed by atoms with E-state index >= 15 is 0 Å². The summed E-state index contributed by atoms with van der Waals surface area (Å²) in [6.07, 6.45) is 0. The monoisotopic (exact) mass is 255 g/mol. The van der Waals surface area contributed by atoms with E-state index < -0.39 is 10.0 Å². The molecule has 0 aliphatic carbocycles. The third-order valence-corrected chi connectivity index (χ3v) is 3.12. The second kappa shape index (κ2) is 4.89. The molecule has 0 unspecified atom stereocenters. The van der Waals surface area contributed by atoms with Gasteiger partial charge in [-0.05, 0) is 49.6 Å². The molecule has 0 radical (unpaired) electrons.